The number of tetrazole rings is 1. The third kappa shape index (κ3) is 3.74. The summed E-state index contributed by atoms with van der Waals surface area (Å²) in [5, 5.41) is 34.4. The summed E-state index contributed by atoms with van der Waals surface area (Å²) in [7, 11) is 0. The first-order chi connectivity index (χ1) is 17.0. The van der Waals surface area contributed by atoms with Crippen molar-refractivity contribution in [3.63, 3.8) is 0 Å². The molecule has 0 saturated heterocycles. The van der Waals surface area contributed by atoms with Gasteiger partial charge in [-0.15, -0.1) is 16.4 Å². The van der Waals surface area contributed by atoms with Gasteiger partial charge in [-0.3, -0.25) is 0 Å². The van der Waals surface area contributed by atoms with E-state index in [9.17, 15) is 15.1 Å². The first-order valence-electron chi connectivity index (χ1n) is 10.7. The molecule has 1 aliphatic carbocycles. The summed E-state index contributed by atoms with van der Waals surface area (Å²) in [6.07, 6.45) is 6.16. The maximum Gasteiger partial charge on any atom is 0.345 e. The Balaban J connectivity index is 1.36. The van der Waals surface area contributed by atoms with E-state index in [2.05, 4.69) is 25.5 Å². The molecule has 0 radical (unpaired) electrons. The van der Waals surface area contributed by atoms with E-state index in [1.807, 2.05) is 12.1 Å². The number of thiophene rings is 1. The summed E-state index contributed by atoms with van der Waals surface area (Å²) in [6, 6.07) is 10.7. The summed E-state index contributed by atoms with van der Waals surface area (Å²) in [5.41, 5.74) is 4.48. The molecule has 0 aliphatic heterocycles. The number of pyridine rings is 1. The number of nitrogens with zero attached hydrogens (tertiary/aromatic N) is 6. The van der Waals surface area contributed by atoms with E-state index in [-0.39, 0.29) is 10.8 Å². The molecule has 35 heavy (non-hydrogen) atoms. The van der Waals surface area contributed by atoms with Crippen molar-refractivity contribution in [3.05, 3.63) is 87.3 Å². The number of carboxylic acid groups (broad SMARTS) is 1. The average molecular weight is 506 g/mol. The zero-order valence-electron chi connectivity index (χ0n) is 17.9. The number of nitrogens with one attached hydrogen (secondary N) is 1. The van der Waals surface area contributed by atoms with Gasteiger partial charge in [-0.2, -0.15) is 9.41 Å². The smallest absolute Gasteiger partial charge is 0.345 e. The lowest BCUT2D eigenvalue weighted by atomic mass is 10.0. The van der Waals surface area contributed by atoms with Crippen LogP contribution in [-0.2, 0) is 6.42 Å². The number of aryl methyl sites for hydroxylation is 1. The van der Waals surface area contributed by atoms with Crippen molar-refractivity contribution in [1.82, 2.24) is 30.2 Å². The summed E-state index contributed by atoms with van der Waals surface area (Å²) in [4.78, 5) is 20.0. The van der Waals surface area contributed by atoms with Crippen LogP contribution < -0.4 is 4.73 Å². The van der Waals surface area contributed by atoms with E-state index < -0.39 is 5.97 Å². The van der Waals surface area contributed by atoms with Gasteiger partial charge >= 0.3 is 5.97 Å². The molecule has 5 aromatic rings. The number of H-pyrrole nitrogens is 1. The van der Waals surface area contributed by atoms with Crippen molar-refractivity contribution >= 4 is 28.9 Å². The minimum Gasteiger partial charge on any atom is -0.618 e. The lowest BCUT2D eigenvalue weighted by molar-refractivity contribution is -0.614. The molecule has 1 atom stereocenters. The fraction of sp³-hybridized carbons (Fsp3) is 0.130. The molecule has 1 unspecified atom stereocenters. The van der Waals surface area contributed by atoms with Crippen molar-refractivity contribution in [1.29, 1.82) is 0 Å². The molecule has 1 aliphatic rings. The van der Waals surface area contributed by atoms with Gasteiger partial charge in [0.1, 0.15) is 22.9 Å². The molecule has 6 rings (SSSR count). The molecule has 12 heteroatoms. The first kappa shape index (κ1) is 21.4. The van der Waals surface area contributed by atoms with Crippen molar-refractivity contribution in [2.45, 2.75) is 18.8 Å². The molecule has 0 fully saturated rings. The van der Waals surface area contributed by atoms with Crippen LogP contribution in [0.1, 0.15) is 39.1 Å². The largest absolute Gasteiger partial charge is 0.618 e. The highest BCUT2D eigenvalue weighted by Crippen LogP contribution is 2.38. The number of aromatic nitrogens is 7. The van der Waals surface area contributed by atoms with Gasteiger partial charge in [0.2, 0.25) is 5.69 Å². The van der Waals surface area contributed by atoms with E-state index in [0.29, 0.717) is 27.8 Å². The van der Waals surface area contributed by atoms with Gasteiger partial charge in [-0.05, 0) is 59.7 Å². The second-order valence-corrected chi connectivity index (χ2v) is 9.64. The van der Waals surface area contributed by atoms with E-state index in [4.69, 9.17) is 11.6 Å². The van der Waals surface area contributed by atoms with Gasteiger partial charge in [-0.25, -0.2) is 9.78 Å². The molecular weight excluding hydrogens is 490 g/mol. The molecule has 4 heterocycles. The number of hydrogen-bond acceptors (Lipinski definition) is 7. The standard InChI is InChI=1S/C23H16ClN7O3S/c24-14-2-4-18(30-11-26-28-29-30)16(8-14)13-7-12-1-3-15(21(12)31(34)10-13)22-25-9-17(27-22)19-5-6-20(35-19)23(32)33/h2,4-11,15H,1,3H2,(H,25,27)(H,32,33). The van der Waals surface area contributed by atoms with Crippen molar-refractivity contribution in [2.75, 3.05) is 0 Å². The molecule has 10 nitrogen and oxygen atoms in total. The summed E-state index contributed by atoms with van der Waals surface area (Å²) in [5.74, 6) is -0.474. The van der Waals surface area contributed by atoms with E-state index >= 15 is 0 Å². The highest BCUT2D eigenvalue weighted by molar-refractivity contribution is 7.17. The zero-order valence-corrected chi connectivity index (χ0v) is 19.5. The van der Waals surface area contributed by atoms with E-state index in [0.717, 1.165) is 39.3 Å². The molecule has 1 aromatic carbocycles. The maximum absolute atomic E-state index is 13.3. The monoisotopic (exact) mass is 505 g/mol. The number of benzene rings is 1. The number of halogens is 1. The fourth-order valence-corrected chi connectivity index (χ4v) is 5.49. The van der Waals surface area contributed by atoms with E-state index in [1.54, 1.807) is 36.7 Å². The van der Waals surface area contributed by atoms with Gasteiger partial charge in [0.25, 0.3) is 0 Å². The zero-order chi connectivity index (χ0) is 24.1. The Morgan fingerprint density at radius 1 is 1.29 bits per heavy atom. The van der Waals surface area contributed by atoms with Gasteiger partial charge < -0.3 is 15.3 Å². The Kier molecular flexibility index (Phi) is 5.08. The Labute approximate surface area is 207 Å². The summed E-state index contributed by atoms with van der Waals surface area (Å²) >= 11 is 7.45. The minimum absolute atomic E-state index is 0.192. The van der Waals surface area contributed by atoms with Crippen LogP contribution >= 0.6 is 22.9 Å². The molecule has 174 valence electrons. The number of carboxylic acids is 1. The van der Waals surface area contributed by atoms with E-state index in [1.165, 1.54) is 22.3 Å². The number of imidazole rings is 1. The van der Waals surface area contributed by atoms with Crippen LogP contribution in [0.15, 0.2) is 55.1 Å². The van der Waals surface area contributed by atoms with Crippen LogP contribution in [0.3, 0.4) is 0 Å². The Bertz CT molecular complexity index is 1580. The SMILES string of the molecule is O=C(O)c1ccc(-c2cnc(C3CCc4cc(-c5cc(Cl)ccc5-n5cnnn5)c[n+]([O-])c43)[nH]2)s1. The average Bonchev–Trinajstić information content (AvgIpc) is 3.64. The van der Waals surface area contributed by atoms with Gasteiger partial charge in [-0.1, -0.05) is 11.6 Å². The third-order valence-electron chi connectivity index (χ3n) is 6.06. The molecule has 4 aromatic heterocycles. The molecule has 0 spiro atoms. The Hall–Kier alpha value is -4.09. The first-order valence-corrected chi connectivity index (χ1v) is 11.8. The van der Waals surface area contributed by atoms with Crippen LogP contribution in [0, 0.1) is 5.21 Å². The number of carbonyl (C=O) groups is 1. The van der Waals surface area contributed by atoms with Crippen LogP contribution in [-0.4, -0.2) is 41.3 Å². The van der Waals surface area contributed by atoms with Gasteiger partial charge in [0, 0.05) is 21.7 Å². The van der Waals surface area contributed by atoms with Gasteiger partial charge in [0.05, 0.1) is 22.5 Å². The molecule has 2 N–H and O–H groups in total. The number of rotatable bonds is 5. The normalized spacial score (nSPS) is 14.8. The summed E-state index contributed by atoms with van der Waals surface area (Å²) < 4.78 is 2.43. The fourth-order valence-electron chi connectivity index (χ4n) is 4.51. The lowest BCUT2D eigenvalue weighted by Crippen LogP contribution is -2.33. The lowest BCUT2D eigenvalue weighted by Gasteiger charge is -2.13. The second kappa shape index (κ2) is 8.29. The number of fused-ring (bicyclic) bond motifs is 1. The van der Waals surface area contributed by atoms with Crippen molar-refractivity contribution in [2.24, 2.45) is 0 Å². The predicted octanol–water partition coefficient (Wildman–Crippen LogP) is 3.84. The predicted molar refractivity (Wildman–Crippen MR) is 128 cm³/mol. The number of aromatic carboxylic acids is 1. The minimum atomic E-state index is -0.961. The highest BCUT2D eigenvalue weighted by Gasteiger charge is 2.35. The van der Waals surface area contributed by atoms with Crippen LogP contribution in [0.4, 0.5) is 0 Å². The van der Waals surface area contributed by atoms with Crippen molar-refractivity contribution in [3.8, 4) is 27.4 Å². The molecule has 0 saturated carbocycles. The second-order valence-electron chi connectivity index (χ2n) is 8.12. The maximum atomic E-state index is 13.3. The summed E-state index contributed by atoms with van der Waals surface area (Å²) in [6.45, 7) is 0. The molecule has 0 bridgehead atoms. The third-order valence-corrected chi connectivity index (χ3v) is 7.40. The van der Waals surface area contributed by atoms with Crippen LogP contribution in [0.5, 0.6) is 0 Å². The molecule has 0 amide bonds. The van der Waals surface area contributed by atoms with Gasteiger partial charge in [0.15, 0.2) is 6.20 Å². The topological polar surface area (TPSA) is 137 Å². The van der Waals surface area contributed by atoms with Crippen LogP contribution in [0.2, 0.25) is 5.02 Å². The molecular formula is C23H16ClN7O3S. The highest BCUT2D eigenvalue weighted by atomic mass is 35.5. The Morgan fingerprint density at radius 2 is 2.17 bits per heavy atom. The van der Waals surface area contributed by atoms with Crippen LogP contribution in [0.25, 0.3) is 27.4 Å². The number of aromatic amines is 1. The Morgan fingerprint density at radius 3 is 2.94 bits per heavy atom. The quantitative estimate of drug-likeness (QED) is 0.273. The van der Waals surface area contributed by atoms with Crippen molar-refractivity contribution < 1.29 is 14.6 Å². The number of hydrogen-bond donors (Lipinski definition) is 2.